The number of para-hydroxylation sites is 1. The largest absolute Gasteiger partial charge is 0.444 e. The summed E-state index contributed by atoms with van der Waals surface area (Å²) in [5, 5.41) is 5.42. The van der Waals surface area contributed by atoms with Crippen molar-refractivity contribution >= 4 is 17.7 Å². The fourth-order valence-electron chi connectivity index (χ4n) is 2.04. The number of amides is 2. The zero-order valence-electron chi connectivity index (χ0n) is 15.1. The molecular weight excluding hydrogens is 292 g/mol. The smallest absolute Gasteiger partial charge is 0.408 e. The number of hydrogen-bond donors (Lipinski definition) is 2. The van der Waals surface area contributed by atoms with Crippen LogP contribution in [-0.2, 0) is 14.9 Å². The Morgan fingerprint density at radius 1 is 1.04 bits per heavy atom. The molecule has 0 aliphatic rings. The van der Waals surface area contributed by atoms with Gasteiger partial charge in [0.1, 0.15) is 11.6 Å². The predicted octanol–water partition coefficient (Wildman–Crippen LogP) is 3.84. The fourth-order valence-corrected chi connectivity index (χ4v) is 2.04. The molecule has 0 fully saturated rings. The summed E-state index contributed by atoms with van der Waals surface area (Å²) in [5.74, 6) is -0.285. The van der Waals surface area contributed by atoms with Crippen LogP contribution in [0.1, 0.15) is 54.0 Å². The van der Waals surface area contributed by atoms with Crippen LogP contribution in [0, 0.1) is 0 Å². The first-order valence-corrected chi connectivity index (χ1v) is 7.80. The molecule has 0 spiro atoms. The van der Waals surface area contributed by atoms with Crippen molar-refractivity contribution in [3.05, 3.63) is 29.8 Å². The Morgan fingerprint density at radius 3 is 2.13 bits per heavy atom. The van der Waals surface area contributed by atoms with Crippen molar-refractivity contribution in [2.24, 2.45) is 0 Å². The van der Waals surface area contributed by atoms with Gasteiger partial charge in [-0.15, -0.1) is 0 Å². The number of hydrogen-bond acceptors (Lipinski definition) is 3. The highest BCUT2D eigenvalue weighted by Gasteiger charge is 2.23. The van der Waals surface area contributed by atoms with E-state index < -0.39 is 17.7 Å². The van der Waals surface area contributed by atoms with Crippen LogP contribution in [0.5, 0.6) is 0 Å². The molecule has 1 aromatic rings. The summed E-state index contributed by atoms with van der Waals surface area (Å²) in [6.07, 6.45) is -0.607. The molecule has 1 aromatic carbocycles. The van der Waals surface area contributed by atoms with E-state index in [4.69, 9.17) is 4.74 Å². The van der Waals surface area contributed by atoms with E-state index in [0.29, 0.717) is 0 Å². The Hall–Kier alpha value is -2.04. The van der Waals surface area contributed by atoms with Crippen LogP contribution in [0.3, 0.4) is 0 Å². The summed E-state index contributed by atoms with van der Waals surface area (Å²) in [4.78, 5) is 24.1. The Labute approximate surface area is 138 Å². The number of carbonyl (C=O) groups excluding carboxylic acids is 2. The molecule has 1 rings (SSSR count). The van der Waals surface area contributed by atoms with E-state index in [9.17, 15) is 9.59 Å². The number of alkyl carbamates (subject to hydrolysis) is 1. The van der Waals surface area contributed by atoms with Gasteiger partial charge >= 0.3 is 6.09 Å². The Morgan fingerprint density at radius 2 is 1.61 bits per heavy atom. The summed E-state index contributed by atoms with van der Waals surface area (Å²) in [6, 6.07) is 6.97. The van der Waals surface area contributed by atoms with Gasteiger partial charge in [0.2, 0.25) is 5.91 Å². The SMILES string of the molecule is CC(NC(=O)OC(C)(C)C)C(=O)Nc1ccccc1C(C)(C)C. The van der Waals surface area contributed by atoms with Crippen LogP contribution in [-0.4, -0.2) is 23.6 Å². The number of carbonyl (C=O) groups is 2. The van der Waals surface area contributed by atoms with Gasteiger partial charge < -0.3 is 15.4 Å². The molecule has 5 heteroatoms. The lowest BCUT2D eigenvalue weighted by molar-refractivity contribution is -0.117. The molecule has 2 N–H and O–H groups in total. The van der Waals surface area contributed by atoms with E-state index in [1.807, 2.05) is 24.3 Å². The summed E-state index contributed by atoms with van der Waals surface area (Å²) in [5.41, 5.74) is 1.10. The average Bonchev–Trinajstić information content (AvgIpc) is 2.35. The van der Waals surface area contributed by atoms with Gasteiger partial charge in [-0.2, -0.15) is 0 Å². The van der Waals surface area contributed by atoms with E-state index in [1.165, 1.54) is 0 Å². The molecule has 0 bridgehead atoms. The van der Waals surface area contributed by atoms with E-state index >= 15 is 0 Å². The first-order valence-electron chi connectivity index (χ1n) is 7.80. The lowest BCUT2D eigenvalue weighted by Gasteiger charge is -2.24. The van der Waals surface area contributed by atoms with Crippen molar-refractivity contribution in [1.82, 2.24) is 5.32 Å². The number of anilines is 1. The van der Waals surface area contributed by atoms with Crippen LogP contribution in [0.4, 0.5) is 10.5 Å². The quantitative estimate of drug-likeness (QED) is 0.889. The van der Waals surface area contributed by atoms with Crippen LogP contribution in [0.15, 0.2) is 24.3 Å². The zero-order valence-corrected chi connectivity index (χ0v) is 15.1. The van der Waals surface area contributed by atoms with E-state index in [1.54, 1.807) is 27.7 Å². The Bertz CT molecular complexity index is 568. The molecule has 0 aromatic heterocycles. The highest BCUT2D eigenvalue weighted by molar-refractivity contribution is 5.97. The minimum absolute atomic E-state index is 0.0916. The van der Waals surface area contributed by atoms with Crippen molar-refractivity contribution in [2.75, 3.05) is 5.32 Å². The first kappa shape index (κ1) is 19.0. The van der Waals surface area contributed by atoms with E-state index in [0.717, 1.165) is 11.3 Å². The Kier molecular flexibility index (Phi) is 5.81. The van der Waals surface area contributed by atoms with Crippen molar-refractivity contribution < 1.29 is 14.3 Å². The molecule has 1 atom stereocenters. The molecule has 5 nitrogen and oxygen atoms in total. The molecule has 0 saturated heterocycles. The number of ether oxygens (including phenoxy) is 1. The molecule has 128 valence electrons. The maximum atomic E-state index is 12.3. The van der Waals surface area contributed by atoms with E-state index in [-0.39, 0.29) is 11.3 Å². The molecule has 1 unspecified atom stereocenters. The van der Waals surface area contributed by atoms with Gasteiger partial charge in [0.25, 0.3) is 0 Å². The van der Waals surface area contributed by atoms with Crippen molar-refractivity contribution in [3.63, 3.8) is 0 Å². The maximum absolute atomic E-state index is 12.3. The zero-order chi connectivity index (χ0) is 17.8. The Balaban J connectivity index is 2.75. The lowest BCUT2D eigenvalue weighted by Crippen LogP contribution is -2.44. The number of benzene rings is 1. The van der Waals surface area contributed by atoms with Gasteiger partial charge in [-0.05, 0) is 44.7 Å². The molecular formula is C18H28N2O3. The van der Waals surface area contributed by atoms with Gasteiger partial charge in [0.15, 0.2) is 0 Å². The molecule has 0 aliphatic carbocycles. The second-order valence-electron chi connectivity index (χ2n) is 7.65. The topological polar surface area (TPSA) is 67.4 Å². The molecule has 2 amide bonds. The van der Waals surface area contributed by atoms with Gasteiger partial charge in [-0.25, -0.2) is 4.79 Å². The summed E-state index contributed by atoms with van der Waals surface area (Å²) >= 11 is 0. The fraction of sp³-hybridized carbons (Fsp3) is 0.556. The van der Waals surface area contributed by atoms with Gasteiger partial charge in [-0.1, -0.05) is 39.0 Å². The van der Waals surface area contributed by atoms with Crippen molar-refractivity contribution in [1.29, 1.82) is 0 Å². The minimum Gasteiger partial charge on any atom is -0.444 e. The van der Waals surface area contributed by atoms with Crippen LogP contribution >= 0.6 is 0 Å². The summed E-state index contributed by atoms with van der Waals surface area (Å²) < 4.78 is 5.16. The van der Waals surface area contributed by atoms with Crippen LogP contribution in [0.2, 0.25) is 0 Å². The third-order valence-corrected chi connectivity index (χ3v) is 3.12. The highest BCUT2D eigenvalue weighted by atomic mass is 16.6. The maximum Gasteiger partial charge on any atom is 0.408 e. The van der Waals surface area contributed by atoms with Gasteiger partial charge in [0, 0.05) is 5.69 Å². The molecule has 0 heterocycles. The molecule has 0 radical (unpaired) electrons. The van der Waals surface area contributed by atoms with Gasteiger partial charge in [-0.3, -0.25) is 4.79 Å². The van der Waals surface area contributed by atoms with Crippen LogP contribution < -0.4 is 10.6 Å². The summed E-state index contributed by atoms with van der Waals surface area (Å²) in [7, 11) is 0. The van der Waals surface area contributed by atoms with E-state index in [2.05, 4.69) is 31.4 Å². The second kappa shape index (κ2) is 7.02. The molecule has 23 heavy (non-hydrogen) atoms. The number of nitrogens with one attached hydrogen (secondary N) is 2. The molecule has 0 saturated carbocycles. The number of rotatable bonds is 3. The highest BCUT2D eigenvalue weighted by Crippen LogP contribution is 2.29. The lowest BCUT2D eigenvalue weighted by atomic mass is 9.86. The monoisotopic (exact) mass is 320 g/mol. The third-order valence-electron chi connectivity index (χ3n) is 3.12. The predicted molar refractivity (Wildman–Crippen MR) is 92.6 cm³/mol. The molecule has 0 aliphatic heterocycles. The second-order valence-corrected chi connectivity index (χ2v) is 7.65. The first-order chi connectivity index (χ1) is 10.4. The minimum atomic E-state index is -0.696. The summed E-state index contributed by atoms with van der Waals surface area (Å²) in [6.45, 7) is 13.2. The third kappa shape index (κ3) is 6.30. The standard InChI is InChI=1S/C18H28N2O3/c1-12(19-16(22)23-18(5,6)7)15(21)20-14-11-9-8-10-13(14)17(2,3)4/h8-12H,1-7H3,(H,19,22)(H,20,21). The van der Waals surface area contributed by atoms with Crippen molar-refractivity contribution in [3.8, 4) is 0 Å². The average molecular weight is 320 g/mol. The van der Waals surface area contributed by atoms with Gasteiger partial charge in [0.05, 0.1) is 0 Å². The van der Waals surface area contributed by atoms with Crippen molar-refractivity contribution in [2.45, 2.75) is 65.5 Å². The normalized spacial score (nSPS) is 13.2. The van der Waals surface area contributed by atoms with Crippen LogP contribution in [0.25, 0.3) is 0 Å².